The normalized spacial score (nSPS) is 14.6. The summed E-state index contributed by atoms with van der Waals surface area (Å²) in [5.74, 6) is 0. The summed E-state index contributed by atoms with van der Waals surface area (Å²) in [6.07, 6.45) is 8.00. The minimum atomic E-state index is 0.753. The van der Waals surface area contributed by atoms with Gasteiger partial charge >= 0.3 is 0 Å². The van der Waals surface area contributed by atoms with Crippen molar-refractivity contribution in [2.45, 2.75) is 13.1 Å². The lowest BCUT2D eigenvalue weighted by Gasteiger charge is -2.26. The van der Waals surface area contributed by atoms with E-state index in [0.717, 1.165) is 67.1 Å². The quantitative estimate of drug-likeness (QED) is 0.397. The number of fused-ring (bicyclic) bond motifs is 1. The Kier molecular flexibility index (Phi) is 5.67. The molecule has 0 saturated carbocycles. The smallest absolute Gasteiger partial charge is 0.137 e. The Morgan fingerprint density at radius 3 is 2.44 bits per heavy atom. The third-order valence-corrected chi connectivity index (χ3v) is 6.46. The van der Waals surface area contributed by atoms with Crippen molar-refractivity contribution in [3.8, 4) is 22.3 Å². The molecule has 2 aromatic carbocycles. The number of hydrogen-bond acceptors (Lipinski definition) is 4. The van der Waals surface area contributed by atoms with E-state index >= 15 is 0 Å². The number of nitrogens with one attached hydrogen (secondary N) is 1. The van der Waals surface area contributed by atoms with E-state index in [1.165, 1.54) is 16.7 Å². The summed E-state index contributed by atoms with van der Waals surface area (Å²) in [4.78, 5) is 10.4. The van der Waals surface area contributed by atoms with Crippen LogP contribution in [0, 0.1) is 0 Å². The molecule has 0 amide bonds. The third kappa shape index (κ3) is 4.38. The van der Waals surface area contributed by atoms with Crippen LogP contribution in [0.5, 0.6) is 0 Å². The summed E-state index contributed by atoms with van der Waals surface area (Å²) in [7, 11) is 0. The fourth-order valence-corrected chi connectivity index (χ4v) is 4.58. The summed E-state index contributed by atoms with van der Waals surface area (Å²) in [5, 5.41) is 5.69. The molecule has 1 aliphatic rings. The second-order valence-corrected chi connectivity index (χ2v) is 8.82. The van der Waals surface area contributed by atoms with Gasteiger partial charge in [-0.05, 0) is 22.8 Å². The van der Waals surface area contributed by atoms with E-state index in [0.29, 0.717) is 0 Å². The Hall–Kier alpha value is -3.74. The summed E-state index contributed by atoms with van der Waals surface area (Å²) >= 11 is 0. The summed E-state index contributed by atoms with van der Waals surface area (Å²) in [6, 6.07) is 21.5. The van der Waals surface area contributed by atoms with Crippen LogP contribution in [0.2, 0.25) is 0 Å². The van der Waals surface area contributed by atoms with Gasteiger partial charge in [-0.3, -0.25) is 9.58 Å². The topological polar surface area (TPSA) is 59.0 Å². The Balaban J connectivity index is 1.24. The molecular weight excluding hydrogens is 422 g/mol. The van der Waals surface area contributed by atoms with Crippen LogP contribution in [0.25, 0.3) is 33.3 Å². The minimum absolute atomic E-state index is 0.753. The Labute approximate surface area is 198 Å². The van der Waals surface area contributed by atoms with Gasteiger partial charge in [0.25, 0.3) is 0 Å². The number of hydrogen-bond donors (Lipinski definition) is 1. The van der Waals surface area contributed by atoms with E-state index < -0.39 is 0 Å². The first kappa shape index (κ1) is 20.8. The molecule has 0 bridgehead atoms. The van der Waals surface area contributed by atoms with Crippen molar-refractivity contribution in [1.29, 1.82) is 0 Å². The molecule has 1 N–H and O–H groups in total. The highest BCUT2D eigenvalue weighted by atomic mass is 16.5. The van der Waals surface area contributed by atoms with Crippen LogP contribution in [0.3, 0.4) is 0 Å². The molecule has 34 heavy (non-hydrogen) atoms. The molecule has 0 spiro atoms. The highest BCUT2D eigenvalue weighted by molar-refractivity contribution is 5.95. The fraction of sp³-hybridized carbons (Fsp3) is 0.214. The van der Waals surface area contributed by atoms with E-state index in [4.69, 9.17) is 4.74 Å². The number of morpholine rings is 1. The molecular formula is C28H27N5O. The monoisotopic (exact) mass is 449 g/mol. The molecule has 0 unspecified atom stereocenters. The largest absolute Gasteiger partial charge is 0.379 e. The fourth-order valence-electron chi connectivity index (χ4n) is 4.58. The first-order valence-corrected chi connectivity index (χ1v) is 11.8. The zero-order chi connectivity index (χ0) is 22.7. The number of ether oxygens (including phenoxy) is 1. The number of pyridine rings is 1. The lowest BCUT2D eigenvalue weighted by molar-refractivity contribution is 0.0342. The van der Waals surface area contributed by atoms with Crippen LogP contribution in [-0.4, -0.2) is 51.0 Å². The predicted octanol–water partition coefficient (Wildman–Crippen LogP) is 4.97. The lowest BCUT2D eigenvalue weighted by Crippen LogP contribution is -2.35. The van der Waals surface area contributed by atoms with Gasteiger partial charge in [-0.1, -0.05) is 54.6 Å². The molecule has 0 atom stereocenters. The maximum absolute atomic E-state index is 5.46. The molecule has 4 heterocycles. The van der Waals surface area contributed by atoms with Crippen LogP contribution < -0.4 is 0 Å². The van der Waals surface area contributed by atoms with Gasteiger partial charge in [0.1, 0.15) is 5.65 Å². The average Bonchev–Trinajstić information content (AvgIpc) is 3.52. The van der Waals surface area contributed by atoms with Crippen LogP contribution in [0.15, 0.2) is 85.5 Å². The van der Waals surface area contributed by atoms with Crippen LogP contribution in [-0.2, 0) is 17.8 Å². The number of benzene rings is 2. The average molecular weight is 450 g/mol. The maximum atomic E-state index is 5.46. The molecule has 5 aromatic rings. The van der Waals surface area contributed by atoms with E-state index in [1.807, 2.05) is 29.3 Å². The molecule has 1 fully saturated rings. The van der Waals surface area contributed by atoms with Gasteiger partial charge in [-0.25, -0.2) is 4.98 Å². The molecule has 1 saturated heterocycles. The predicted molar refractivity (Wildman–Crippen MR) is 134 cm³/mol. The van der Waals surface area contributed by atoms with Crippen molar-refractivity contribution >= 4 is 11.0 Å². The maximum Gasteiger partial charge on any atom is 0.137 e. The van der Waals surface area contributed by atoms with Gasteiger partial charge in [0.2, 0.25) is 0 Å². The van der Waals surface area contributed by atoms with Gasteiger partial charge < -0.3 is 9.72 Å². The highest BCUT2D eigenvalue weighted by Gasteiger charge is 2.13. The summed E-state index contributed by atoms with van der Waals surface area (Å²) < 4.78 is 7.44. The highest BCUT2D eigenvalue weighted by Crippen LogP contribution is 2.31. The molecule has 6 heteroatoms. The molecule has 0 radical (unpaired) electrons. The Bertz CT molecular complexity index is 1380. The molecule has 1 aliphatic heterocycles. The molecule has 6 rings (SSSR count). The first-order valence-electron chi connectivity index (χ1n) is 11.8. The Morgan fingerprint density at radius 2 is 1.62 bits per heavy atom. The number of H-pyrrole nitrogens is 1. The van der Waals surface area contributed by atoms with Gasteiger partial charge in [0.05, 0.1) is 26.0 Å². The SMILES string of the molecule is c1ccc(Cn2cc(-c3c[nH]c4ncc(-c5ccc(CN6CCOCC6)cc5)cc34)cn2)cc1. The van der Waals surface area contributed by atoms with E-state index in [1.54, 1.807) is 0 Å². The number of aromatic nitrogens is 4. The lowest BCUT2D eigenvalue weighted by atomic mass is 10.0. The van der Waals surface area contributed by atoms with Gasteiger partial charge in [-0.2, -0.15) is 5.10 Å². The van der Waals surface area contributed by atoms with Crippen molar-refractivity contribution in [2.24, 2.45) is 0 Å². The van der Waals surface area contributed by atoms with Crippen molar-refractivity contribution in [3.05, 3.63) is 96.6 Å². The third-order valence-electron chi connectivity index (χ3n) is 6.46. The van der Waals surface area contributed by atoms with E-state index in [-0.39, 0.29) is 0 Å². The van der Waals surface area contributed by atoms with E-state index in [9.17, 15) is 0 Å². The minimum Gasteiger partial charge on any atom is -0.379 e. The van der Waals surface area contributed by atoms with Crippen molar-refractivity contribution in [1.82, 2.24) is 24.6 Å². The standard InChI is InChI=1S/C28H27N5O/c1-2-4-21(5-3-1)19-33-20-25(16-31-33)27-17-30-28-26(27)14-24(15-29-28)23-8-6-22(7-9-23)18-32-10-12-34-13-11-32/h1-9,14-17,20H,10-13,18-19H2,(H,29,30). The van der Waals surface area contributed by atoms with Crippen LogP contribution >= 0.6 is 0 Å². The molecule has 0 aliphatic carbocycles. The number of rotatable bonds is 6. The van der Waals surface area contributed by atoms with Crippen LogP contribution in [0.4, 0.5) is 0 Å². The zero-order valence-corrected chi connectivity index (χ0v) is 19.0. The van der Waals surface area contributed by atoms with Gasteiger partial charge in [-0.15, -0.1) is 0 Å². The summed E-state index contributed by atoms with van der Waals surface area (Å²) in [5.41, 5.74) is 7.94. The summed E-state index contributed by atoms with van der Waals surface area (Å²) in [6.45, 7) is 5.38. The van der Waals surface area contributed by atoms with E-state index in [2.05, 4.69) is 80.8 Å². The molecule has 170 valence electrons. The number of nitrogens with zero attached hydrogens (tertiary/aromatic N) is 4. The molecule has 6 nitrogen and oxygen atoms in total. The number of aromatic amines is 1. The van der Waals surface area contributed by atoms with Crippen LogP contribution in [0.1, 0.15) is 11.1 Å². The molecule has 3 aromatic heterocycles. The van der Waals surface area contributed by atoms with Crippen molar-refractivity contribution in [2.75, 3.05) is 26.3 Å². The second-order valence-electron chi connectivity index (χ2n) is 8.82. The van der Waals surface area contributed by atoms with Crippen molar-refractivity contribution < 1.29 is 4.74 Å². The first-order chi connectivity index (χ1) is 16.8. The zero-order valence-electron chi connectivity index (χ0n) is 19.0. The Morgan fingerprint density at radius 1 is 0.824 bits per heavy atom. The van der Waals surface area contributed by atoms with Gasteiger partial charge in [0, 0.05) is 60.3 Å². The van der Waals surface area contributed by atoms with Gasteiger partial charge in [0.15, 0.2) is 0 Å². The van der Waals surface area contributed by atoms with Crippen molar-refractivity contribution in [3.63, 3.8) is 0 Å². The second kappa shape index (κ2) is 9.25.